The van der Waals surface area contributed by atoms with Gasteiger partial charge in [-0.2, -0.15) is 4.68 Å². The van der Waals surface area contributed by atoms with Crippen LogP contribution in [-0.4, -0.2) is 28.1 Å². The fourth-order valence-corrected chi connectivity index (χ4v) is 2.73. The number of benzene rings is 2. The second-order valence-electron chi connectivity index (χ2n) is 5.80. The number of carbonyl (C=O) groups excluding carboxylic acids is 1. The van der Waals surface area contributed by atoms with Gasteiger partial charge in [-0.15, -0.1) is 5.10 Å². The SMILES string of the molecule is COc1cccc2cc(C(=O)OCn3nnc4ccccc4c3=O)c(=O)oc12. The van der Waals surface area contributed by atoms with Crippen molar-refractivity contribution < 1.29 is 18.7 Å². The largest absolute Gasteiger partial charge is 0.493 e. The molecule has 0 saturated carbocycles. The number of para-hydroxylation sites is 1. The second-order valence-corrected chi connectivity index (χ2v) is 5.80. The molecule has 0 fully saturated rings. The van der Waals surface area contributed by atoms with Crippen LogP contribution < -0.4 is 15.9 Å². The van der Waals surface area contributed by atoms with E-state index >= 15 is 0 Å². The van der Waals surface area contributed by atoms with Crippen molar-refractivity contribution >= 4 is 27.8 Å². The molecule has 0 N–H and O–H groups in total. The van der Waals surface area contributed by atoms with Gasteiger partial charge in [-0.05, 0) is 24.3 Å². The van der Waals surface area contributed by atoms with E-state index in [4.69, 9.17) is 13.9 Å². The zero-order chi connectivity index (χ0) is 19.7. The third-order valence-corrected chi connectivity index (χ3v) is 4.11. The molecule has 0 atom stereocenters. The molecule has 28 heavy (non-hydrogen) atoms. The monoisotopic (exact) mass is 379 g/mol. The topological polar surface area (TPSA) is 114 Å². The Bertz CT molecular complexity index is 1320. The summed E-state index contributed by atoms with van der Waals surface area (Å²) in [6, 6.07) is 13.0. The number of fused-ring (bicyclic) bond motifs is 2. The van der Waals surface area contributed by atoms with E-state index in [9.17, 15) is 14.4 Å². The van der Waals surface area contributed by atoms with E-state index in [0.29, 0.717) is 22.0 Å². The van der Waals surface area contributed by atoms with Gasteiger partial charge in [0.05, 0.1) is 12.5 Å². The van der Waals surface area contributed by atoms with Gasteiger partial charge in [0, 0.05) is 5.39 Å². The van der Waals surface area contributed by atoms with Gasteiger partial charge in [0.1, 0.15) is 11.1 Å². The van der Waals surface area contributed by atoms with E-state index < -0.39 is 23.9 Å². The first kappa shape index (κ1) is 17.4. The predicted octanol–water partition coefficient (Wildman–Crippen LogP) is 1.72. The van der Waals surface area contributed by atoms with E-state index in [-0.39, 0.29) is 11.1 Å². The van der Waals surface area contributed by atoms with E-state index in [1.54, 1.807) is 42.5 Å². The van der Waals surface area contributed by atoms with Crippen molar-refractivity contribution in [3.63, 3.8) is 0 Å². The molecule has 9 nitrogen and oxygen atoms in total. The number of esters is 1. The summed E-state index contributed by atoms with van der Waals surface area (Å²) in [5.74, 6) is -0.576. The molecule has 0 saturated heterocycles. The Hall–Kier alpha value is -4.01. The Balaban J connectivity index is 1.63. The number of methoxy groups -OCH3 is 1. The van der Waals surface area contributed by atoms with Crippen LogP contribution in [0.4, 0.5) is 0 Å². The minimum absolute atomic E-state index is 0.225. The van der Waals surface area contributed by atoms with Crippen LogP contribution in [0, 0.1) is 0 Å². The van der Waals surface area contributed by atoms with Crippen molar-refractivity contribution in [3.05, 3.63) is 74.9 Å². The van der Waals surface area contributed by atoms with Gasteiger partial charge in [0.15, 0.2) is 18.1 Å². The van der Waals surface area contributed by atoms with Crippen molar-refractivity contribution in [3.8, 4) is 5.75 Å². The number of nitrogens with zero attached hydrogens (tertiary/aromatic N) is 3. The van der Waals surface area contributed by atoms with Crippen molar-refractivity contribution in [1.82, 2.24) is 15.0 Å². The smallest absolute Gasteiger partial charge is 0.351 e. The van der Waals surface area contributed by atoms with Gasteiger partial charge in [0.25, 0.3) is 5.56 Å². The standard InChI is InChI=1S/C19H13N3O6/c1-26-15-8-4-5-11-9-13(19(25)28-16(11)15)18(24)27-10-22-17(23)12-6-2-3-7-14(12)20-21-22/h2-9H,10H2,1H3. The van der Waals surface area contributed by atoms with Crippen molar-refractivity contribution in [1.29, 1.82) is 0 Å². The van der Waals surface area contributed by atoms with Crippen molar-refractivity contribution in [2.24, 2.45) is 0 Å². The Morgan fingerprint density at radius 1 is 1.14 bits per heavy atom. The average molecular weight is 379 g/mol. The molecule has 0 aliphatic heterocycles. The summed E-state index contributed by atoms with van der Waals surface area (Å²) in [5.41, 5.74) is -0.988. The quantitative estimate of drug-likeness (QED) is 0.389. The molecule has 0 unspecified atom stereocenters. The molecule has 2 aromatic heterocycles. The number of ether oxygens (including phenoxy) is 2. The number of hydrogen-bond donors (Lipinski definition) is 0. The Morgan fingerprint density at radius 2 is 1.96 bits per heavy atom. The first-order chi connectivity index (χ1) is 13.6. The lowest BCUT2D eigenvalue weighted by atomic mass is 10.2. The first-order valence-electron chi connectivity index (χ1n) is 8.19. The van der Waals surface area contributed by atoms with Crippen LogP contribution in [0.2, 0.25) is 0 Å². The molecule has 2 aromatic carbocycles. The fraction of sp³-hybridized carbons (Fsp3) is 0.105. The molecule has 0 amide bonds. The second kappa shape index (κ2) is 6.95. The molecule has 4 aromatic rings. The number of aromatic nitrogens is 3. The van der Waals surface area contributed by atoms with Gasteiger partial charge < -0.3 is 13.9 Å². The third kappa shape index (κ3) is 2.98. The third-order valence-electron chi connectivity index (χ3n) is 4.11. The summed E-state index contributed by atoms with van der Waals surface area (Å²) < 4.78 is 16.3. The normalized spacial score (nSPS) is 10.9. The van der Waals surface area contributed by atoms with Gasteiger partial charge in [-0.3, -0.25) is 4.79 Å². The van der Waals surface area contributed by atoms with E-state index in [1.807, 2.05) is 0 Å². The lowest BCUT2D eigenvalue weighted by Gasteiger charge is -2.07. The molecule has 0 bridgehead atoms. The number of rotatable bonds is 4. The Labute approximate surface area is 156 Å². The summed E-state index contributed by atoms with van der Waals surface area (Å²) in [6.07, 6.45) is 0. The van der Waals surface area contributed by atoms with Crippen LogP contribution in [0.1, 0.15) is 10.4 Å². The molecule has 140 valence electrons. The van der Waals surface area contributed by atoms with Crippen LogP contribution >= 0.6 is 0 Å². The number of hydrogen-bond acceptors (Lipinski definition) is 8. The zero-order valence-electron chi connectivity index (χ0n) is 14.6. The zero-order valence-corrected chi connectivity index (χ0v) is 14.6. The number of carbonyl (C=O) groups is 1. The van der Waals surface area contributed by atoms with Crippen molar-refractivity contribution in [2.75, 3.05) is 7.11 Å². The summed E-state index contributed by atoms with van der Waals surface area (Å²) >= 11 is 0. The Kier molecular flexibility index (Phi) is 4.32. The Morgan fingerprint density at radius 3 is 2.79 bits per heavy atom. The minimum Gasteiger partial charge on any atom is -0.493 e. The summed E-state index contributed by atoms with van der Waals surface area (Å²) in [5, 5.41) is 8.46. The highest BCUT2D eigenvalue weighted by Crippen LogP contribution is 2.24. The summed E-state index contributed by atoms with van der Waals surface area (Å²) in [7, 11) is 1.44. The summed E-state index contributed by atoms with van der Waals surface area (Å²) in [6.45, 7) is -0.495. The molecule has 0 radical (unpaired) electrons. The fourth-order valence-electron chi connectivity index (χ4n) is 2.73. The molecule has 4 rings (SSSR count). The van der Waals surface area contributed by atoms with E-state index in [0.717, 1.165) is 4.68 Å². The van der Waals surface area contributed by atoms with Crippen molar-refractivity contribution in [2.45, 2.75) is 6.73 Å². The van der Waals surface area contributed by atoms with Gasteiger partial charge in [-0.25, -0.2) is 9.59 Å². The minimum atomic E-state index is -0.944. The first-order valence-corrected chi connectivity index (χ1v) is 8.19. The molecular formula is C19H13N3O6. The maximum Gasteiger partial charge on any atom is 0.351 e. The molecule has 2 heterocycles. The maximum atomic E-state index is 12.4. The maximum absolute atomic E-state index is 12.4. The highest BCUT2D eigenvalue weighted by molar-refractivity contribution is 5.93. The summed E-state index contributed by atoms with van der Waals surface area (Å²) in [4.78, 5) is 36.9. The van der Waals surface area contributed by atoms with E-state index in [2.05, 4.69) is 10.3 Å². The average Bonchev–Trinajstić information content (AvgIpc) is 2.72. The molecule has 0 spiro atoms. The molecule has 0 aliphatic carbocycles. The van der Waals surface area contributed by atoms with Crippen LogP contribution in [0.3, 0.4) is 0 Å². The molecule has 0 aliphatic rings. The van der Waals surface area contributed by atoms with Gasteiger partial charge in [-0.1, -0.05) is 29.5 Å². The van der Waals surface area contributed by atoms with Crippen LogP contribution in [0.15, 0.2) is 62.5 Å². The predicted molar refractivity (Wildman–Crippen MR) is 98.2 cm³/mol. The lowest BCUT2D eigenvalue weighted by molar-refractivity contribution is 0.0331. The van der Waals surface area contributed by atoms with Crippen LogP contribution in [0.5, 0.6) is 5.75 Å². The van der Waals surface area contributed by atoms with E-state index in [1.165, 1.54) is 13.2 Å². The van der Waals surface area contributed by atoms with Gasteiger partial charge >= 0.3 is 11.6 Å². The lowest BCUT2D eigenvalue weighted by Crippen LogP contribution is -2.27. The van der Waals surface area contributed by atoms with Crippen LogP contribution in [0.25, 0.3) is 21.9 Å². The van der Waals surface area contributed by atoms with Crippen LogP contribution in [-0.2, 0) is 11.5 Å². The highest BCUT2D eigenvalue weighted by Gasteiger charge is 2.17. The molecule has 9 heteroatoms. The highest BCUT2D eigenvalue weighted by atomic mass is 16.5. The molecular weight excluding hydrogens is 366 g/mol. The van der Waals surface area contributed by atoms with Gasteiger partial charge in [0.2, 0.25) is 0 Å².